The maximum Gasteiger partial charge on any atom is 0.355 e. The molecule has 1 saturated carbocycles. The van der Waals surface area contributed by atoms with Crippen LogP contribution in [0.4, 0.5) is 11.6 Å². The van der Waals surface area contributed by atoms with Gasteiger partial charge in [0.15, 0.2) is 0 Å². The van der Waals surface area contributed by atoms with Crippen LogP contribution in [0.3, 0.4) is 0 Å². The van der Waals surface area contributed by atoms with Crippen molar-refractivity contribution in [1.82, 2.24) is 19.1 Å². The third-order valence-corrected chi connectivity index (χ3v) is 6.94. The maximum absolute atomic E-state index is 13.5. The van der Waals surface area contributed by atoms with Crippen molar-refractivity contribution in [2.75, 3.05) is 18.5 Å². The predicted molar refractivity (Wildman–Crippen MR) is 142 cm³/mol. The zero-order chi connectivity index (χ0) is 28.0. The summed E-state index contributed by atoms with van der Waals surface area (Å²) in [6.45, 7) is 0.256. The quantitative estimate of drug-likeness (QED) is 0.299. The van der Waals surface area contributed by atoms with E-state index < -0.39 is 36.7 Å². The average molecular weight is 537 g/mol. The minimum atomic E-state index is -2.05. The molecule has 0 amide bonds. The van der Waals surface area contributed by atoms with E-state index in [-0.39, 0.29) is 23.4 Å². The highest BCUT2D eigenvalue weighted by Crippen LogP contribution is 2.30. The van der Waals surface area contributed by atoms with Crippen LogP contribution in [0.25, 0.3) is 0 Å². The van der Waals surface area contributed by atoms with Gasteiger partial charge in [-0.05, 0) is 55.0 Å². The molecular weight excluding hydrogens is 504 g/mol. The second-order valence-corrected chi connectivity index (χ2v) is 10.1. The number of benzene rings is 1. The first-order valence-corrected chi connectivity index (χ1v) is 12.8. The molecule has 0 spiro atoms. The third kappa shape index (κ3) is 6.88. The summed E-state index contributed by atoms with van der Waals surface area (Å²) in [7, 11) is 0. The van der Waals surface area contributed by atoms with E-state index in [1.165, 1.54) is 4.57 Å². The Balaban J connectivity index is 1.62. The van der Waals surface area contributed by atoms with Crippen LogP contribution in [0.15, 0.2) is 52.1 Å². The van der Waals surface area contributed by atoms with Gasteiger partial charge < -0.3 is 25.4 Å². The Kier molecular flexibility index (Phi) is 8.75. The number of nitrogens with zero attached hydrogens (tertiary/aromatic N) is 5. The first-order chi connectivity index (χ1) is 18.7. The molecule has 1 aliphatic carbocycles. The molecule has 1 fully saturated rings. The van der Waals surface area contributed by atoms with E-state index in [1.807, 2.05) is 6.07 Å². The highest BCUT2D eigenvalue weighted by molar-refractivity contribution is 5.55. The summed E-state index contributed by atoms with van der Waals surface area (Å²) in [6, 6.07) is 13.5. The second kappa shape index (κ2) is 12.2. The largest absolute Gasteiger partial charge is 0.439 e. The molecule has 0 atom stereocenters. The highest BCUT2D eigenvalue weighted by atomic mass is 16.5. The predicted octanol–water partition coefficient (Wildman–Crippen LogP) is 1.75. The number of anilines is 2. The SMILES string of the molecule is CC1CCC(Cn2c(Nc3ccc(Oc4cccc(C#N)n4)cc3)nc(=O)n(CC(O)(CO)CO)c2=O)CC1. The number of pyridine rings is 1. The molecule has 1 aromatic carbocycles. The van der Waals surface area contributed by atoms with Crippen LogP contribution in [-0.4, -0.2) is 53.2 Å². The number of hydrogen-bond acceptors (Lipinski definition) is 10. The molecule has 0 saturated heterocycles. The molecule has 2 heterocycles. The standard InChI is InChI=1S/C27H32N6O6/c1-18-5-7-19(8-6-18)14-32-24(31-25(36)33(26(32)37)15-27(38,16-34)17-35)30-20-9-11-22(12-10-20)39-23-4-2-3-21(13-28)29-23/h2-4,9-12,18-19,34-35,38H,5-8,14-17H2,1H3,(H,30,31,36). The molecule has 4 rings (SSSR count). The lowest BCUT2D eigenvalue weighted by atomic mass is 9.83. The van der Waals surface area contributed by atoms with Gasteiger partial charge in [-0.15, -0.1) is 0 Å². The summed E-state index contributed by atoms with van der Waals surface area (Å²) in [5.74, 6) is 1.60. The summed E-state index contributed by atoms with van der Waals surface area (Å²) in [5, 5.41) is 41.4. The van der Waals surface area contributed by atoms with Gasteiger partial charge >= 0.3 is 11.4 Å². The van der Waals surface area contributed by atoms with E-state index in [0.717, 1.165) is 30.3 Å². The number of aromatic nitrogens is 4. The summed E-state index contributed by atoms with van der Waals surface area (Å²) >= 11 is 0. The lowest BCUT2D eigenvalue weighted by Crippen LogP contribution is -2.51. The van der Waals surface area contributed by atoms with Gasteiger partial charge in [-0.1, -0.05) is 25.8 Å². The number of hydrogen-bond donors (Lipinski definition) is 4. The fourth-order valence-electron chi connectivity index (χ4n) is 4.53. The van der Waals surface area contributed by atoms with E-state index in [0.29, 0.717) is 23.9 Å². The van der Waals surface area contributed by atoms with Crippen molar-refractivity contribution in [1.29, 1.82) is 5.26 Å². The topological polar surface area (TPSA) is 176 Å². The van der Waals surface area contributed by atoms with Crippen molar-refractivity contribution in [3.8, 4) is 17.7 Å². The van der Waals surface area contributed by atoms with Gasteiger partial charge in [0.25, 0.3) is 0 Å². The molecule has 1 aliphatic rings. The first kappa shape index (κ1) is 28.0. The van der Waals surface area contributed by atoms with Crippen molar-refractivity contribution < 1.29 is 20.1 Å². The van der Waals surface area contributed by atoms with Gasteiger partial charge in [0.1, 0.15) is 23.1 Å². The van der Waals surface area contributed by atoms with Crippen LogP contribution in [-0.2, 0) is 13.1 Å². The Labute approximate surface area is 224 Å². The smallest absolute Gasteiger partial charge is 0.355 e. The van der Waals surface area contributed by atoms with E-state index in [4.69, 9.17) is 10.00 Å². The number of aliphatic hydroxyl groups excluding tert-OH is 2. The van der Waals surface area contributed by atoms with Crippen molar-refractivity contribution in [2.24, 2.45) is 11.8 Å². The van der Waals surface area contributed by atoms with Crippen LogP contribution in [0.1, 0.15) is 38.3 Å². The monoisotopic (exact) mass is 536 g/mol. The lowest BCUT2D eigenvalue weighted by molar-refractivity contribution is -0.0676. The summed E-state index contributed by atoms with van der Waals surface area (Å²) < 4.78 is 7.81. The van der Waals surface area contributed by atoms with Crippen LogP contribution in [0, 0.1) is 23.2 Å². The molecule has 206 valence electrons. The molecule has 0 radical (unpaired) electrons. The molecule has 3 aromatic rings. The molecule has 12 nitrogen and oxygen atoms in total. The van der Waals surface area contributed by atoms with Gasteiger partial charge in [0, 0.05) is 18.3 Å². The van der Waals surface area contributed by atoms with E-state index in [9.17, 15) is 24.9 Å². The van der Waals surface area contributed by atoms with E-state index in [1.54, 1.807) is 42.5 Å². The zero-order valence-electron chi connectivity index (χ0n) is 21.7. The lowest BCUT2D eigenvalue weighted by Gasteiger charge is -2.28. The minimum Gasteiger partial charge on any atom is -0.439 e. The molecule has 0 unspecified atom stereocenters. The Morgan fingerprint density at radius 1 is 1.05 bits per heavy atom. The summed E-state index contributed by atoms with van der Waals surface area (Å²) in [4.78, 5) is 34.5. The van der Waals surface area contributed by atoms with E-state index >= 15 is 0 Å². The number of nitriles is 1. The highest BCUT2D eigenvalue weighted by Gasteiger charge is 2.29. The summed E-state index contributed by atoms with van der Waals surface area (Å²) in [6.07, 6.45) is 3.93. The van der Waals surface area contributed by atoms with Crippen molar-refractivity contribution in [3.63, 3.8) is 0 Å². The second-order valence-electron chi connectivity index (χ2n) is 10.1. The first-order valence-electron chi connectivity index (χ1n) is 12.8. The fourth-order valence-corrected chi connectivity index (χ4v) is 4.53. The van der Waals surface area contributed by atoms with Crippen LogP contribution in [0.2, 0.25) is 0 Å². The normalized spacial score (nSPS) is 17.4. The van der Waals surface area contributed by atoms with Gasteiger partial charge in [0.05, 0.1) is 19.8 Å². The molecule has 0 aliphatic heterocycles. The molecule has 4 N–H and O–H groups in total. The third-order valence-electron chi connectivity index (χ3n) is 6.94. The van der Waals surface area contributed by atoms with E-state index in [2.05, 4.69) is 22.2 Å². The number of rotatable bonds is 10. The number of aliphatic hydroxyl groups is 3. The Bertz CT molecular complexity index is 1430. The zero-order valence-corrected chi connectivity index (χ0v) is 21.7. The number of ether oxygens (including phenoxy) is 1. The molecule has 2 aromatic heterocycles. The average Bonchev–Trinajstić information content (AvgIpc) is 2.95. The molecular formula is C27H32N6O6. The Morgan fingerprint density at radius 3 is 2.38 bits per heavy atom. The minimum absolute atomic E-state index is 0.0495. The van der Waals surface area contributed by atoms with Crippen molar-refractivity contribution in [2.45, 2.75) is 51.3 Å². The Hall–Kier alpha value is -4.05. The maximum atomic E-state index is 13.5. The van der Waals surface area contributed by atoms with Gasteiger partial charge in [0.2, 0.25) is 11.8 Å². The van der Waals surface area contributed by atoms with Crippen LogP contribution >= 0.6 is 0 Å². The van der Waals surface area contributed by atoms with Crippen molar-refractivity contribution in [3.05, 3.63) is 69.1 Å². The Morgan fingerprint density at radius 2 is 1.74 bits per heavy atom. The van der Waals surface area contributed by atoms with Crippen molar-refractivity contribution >= 4 is 11.6 Å². The summed E-state index contributed by atoms with van der Waals surface area (Å²) in [5.41, 5.74) is -2.89. The molecule has 39 heavy (non-hydrogen) atoms. The fraction of sp³-hybridized carbons (Fsp3) is 0.444. The van der Waals surface area contributed by atoms with Gasteiger partial charge in [-0.3, -0.25) is 4.57 Å². The van der Waals surface area contributed by atoms with Crippen LogP contribution in [0.5, 0.6) is 11.6 Å². The van der Waals surface area contributed by atoms with Gasteiger partial charge in [-0.2, -0.15) is 10.2 Å². The molecule has 0 bridgehead atoms. The molecule has 12 heteroatoms. The van der Waals surface area contributed by atoms with Gasteiger partial charge in [-0.25, -0.2) is 19.1 Å². The van der Waals surface area contributed by atoms with Crippen LogP contribution < -0.4 is 21.4 Å². The number of nitrogens with one attached hydrogen (secondary N) is 1.